The molecule has 30 heavy (non-hydrogen) atoms. The van der Waals surface area contributed by atoms with Crippen molar-refractivity contribution in [2.75, 3.05) is 11.9 Å². The Kier molecular flexibility index (Phi) is 5.99. The van der Waals surface area contributed by atoms with E-state index in [1.54, 1.807) is 0 Å². The Labute approximate surface area is 180 Å². The molecule has 0 saturated heterocycles. The highest BCUT2D eigenvalue weighted by Gasteiger charge is 2.21. The third kappa shape index (κ3) is 4.95. The highest BCUT2D eigenvalue weighted by molar-refractivity contribution is 6.07. The van der Waals surface area contributed by atoms with Crippen LogP contribution in [0.25, 0.3) is 6.08 Å². The van der Waals surface area contributed by atoms with E-state index in [0.717, 1.165) is 29.3 Å². The van der Waals surface area contributed by atoms with E-state index in [0.29, 0.717) is 12.2 Å². The molecule has 158 valence electrons. The van der Waals surface area contributed by atoms with Crippen molar-refractivity contribution < 1.29 is 9.53 Å². The van der Waals surface area contributed by atoms with Gasteiger partial charge in [-0.15, -0.1) is 0 Å². The normalized spacial score (nSPS) is 17.0. The van der Waals surface area contributed by atoms with Crippen molar-refractivity contribution in [2.24, 2.45) is 5.92 Å². The van der Waals surface area contributed by atoms with E-state index in [-0.39, 0.29) is 11.3 Å². The molecule has 0 aromatic heterocycles. The van der Waals surface area contributed by atoms with Crippen molar-refractivity contribution in [3.63, 3.8) is 0 Å². The van der Waals surface area contributed by atoms with Crippen LogP contribution in [0.1, 0.15) is 69.6 Å². The van der Waals surface area contributed by atoms with Gasteiger partial charge in [0.05, 0.1) is 5.57 Å². The number of anilines is 1. The number of hydrogen-bond acceptors (Lipinski definition) is 2. The first-order valence-electron chi connectivity index (χ1n) is 11.3. The quantitative estimate of drug-likeness (QED) is 0.631. The SMILES string of the molecule is CC(C)(C)c1ccc2c(c1)C=C(C(=O)Nc1ccc(CC3CCCCC3)cc1)CO2. The van der Waals surface area contributed by atoms with Gasteiger partial charge >= 0.3 is 0 Å². The third-order valence-corrected chi connectivity index (χ3v) is 6.34. The molecule has 1 heterocycles. The molecule has 1 amide bonds. The van der Waals surface area contributed by atoms with Crippen molar-refractivity contribution in [3.8, 4) is 5.75 Å². The van der Waals surface area contributed by atoms with E-state index in [9.17, 15) is 4.79 Å². The van der Waals surface area contributed by atoms with E-state index in [4.69, 9.17) is 4.74 Å². The van der Waals surface area contributed by atoms with Crippen LogP contribution >= 0.6 is 0 Å². The molecule has 0 atom stereocenters. The Balaban J connectivity index is 1.42. The van der Waals surface area contributed by atoms with Gasteiger partial charge in [-0.1, -0.05) is 71.1 Å². The average molecular weight is 404 g/mol. The van der Waals surface area contributed by atoms with Gasteiger partial charge in [0.15, 0.2) is 0 Å². The lowest BCUT2D eigenvalue weighted by Crippen LogP contribution is -2.21. The molecule has 1 aliphatic heterocycles. The summed E-state index contributed by atoms with van der Waals surface area (Å²) in [5.74, 6) is 1.57. The maximum Gasteiger partial charge on any atom is 0.255 e. The van der Waals surface area contributed by atoms with Crippen LogP contribution in [0.4, 0.5) is 5.69 Å². The molecule has 3 heteroatoms. The Morgan fingerprint density at radius 2 is 1.77 bits per heavy atom. The zero-order valence-electron chi connectivity index (χ0n) is 18.5. The van der Waals surface area contributed by atoms with Gasteiger partial charge in [-0.2, -0.15) is 0 Å². The standard InChI is InChI=1S/C27H33NO2/c1-27(2,3)23-11-14-25-21(17-23)16-22(18-30-25)26(29)28-24-12-9-20(10-13-24)15-19-7-5-4-6-8-19/h9-14,16-17,19H,4-8,15,18H2,1-3H3,(H,28,29). The predicted molar refractivity (Wildman–Crippen MR) is 124 cm³/mol. The zero-order valence-corrected chi connectivity index (χ0v) is 18.5. The van der Waals surface area contributed by atoms with Crippen LogP contribution in [-0.4, -0.2) is 12.5 Å². The zero-order chi connectivity index (χ0) is 21.1. The summed E-state index contributed by atoms with van der Waals surface area (Å²) in [5.41, 5.74) is 5.12. The molecule has 2 aliphatic rings. The fourth-order valence-corrected chi connectivity index (χ4v) is 4.44. The Morgan fingerprint density at radius 1 is 1.03 bits per heavy atom. The monoisotopic (exact) mass is 403 g/mol. The van der Waals surface area contributed by atoms with Gasteiger partial charge in [-0.3, -0.25) is 4.79 Å². The summed E-state index contributed by atoms with van der Waals surface area (Å²) in [7, 11) is 0. The van der Waals surface area contributed by atoms with Gasteiger partial charge in [0.2, 0.25) is 0 Å². The molecule has 1 saturated carbocycles. The lowest BCUT2D eigenvalue weighted by Gasteiger charge is -2.23. The molecule has 0 radical (unpaired) electrons. The molecule has 1 fully saturated rings. The van der Waals surface area contributed by atoms with Crippen molar-refractivity contribution >= 4 is 17.7 Å². The maximum atomic E-state index is 12.8. The van der Waals surface area contributed by atoms with Crippen LogP contribution in [0.3, 0.4) is 0 Å². The molecular formula is C27H33NO2. The molecule has 4 rings (SSSR count). The summed E-state index contributed by atoms with van der Waals surface area (Å²) in [4.78, 5) is 12.8. The van der Waals surface area contributed by atoms with Crippen LogP contribution < -0.4 is 10.1 Å². The van der Waals surface area contributed by atoms with E-state index in [2.05, 4.69) is 50.4 Å². The molecule has 1 aliphatic carbocycles. The van der Waals surface area contributed by atoms with Crippen LogP contribution in [0.5, 0.6) is 5.75 Å². The van der Waals surface area contributed by atoms with Crippen LogP contribution in [-0.2, 0) is 16.6 Å². The topological polar surface area (TPSA) is 38.3 Å². The van der Waals surface area contributed by atoms with Crippen LogP contribution in [0, 0.1) is 5.92 Å². The minimum atomic E-state index is -0.0955. The van der Waals surface area contributed by atoms with Gasteiger partial charge < -0.3 is 10.1 Å². The Bertz CT molecular complexity index is 928. The van der Waals surface area contributed by atoms with Crippen LogP contribution in [0.15, 0.2) is 48.0 Å². The number of nitrogens with one attached hydrogen (secondary N) is 1. The summed E-state index contributed by atoms with van der Waals surface area (Å²) >= 11 is 0. The predicted octanol–water partition coefficient (Wildman–Crippen LogP) is 6.52. The number of carbonyl (C=O) groups is 1. The lowest BCUT2D eigenvalue weighted by molar-refractivity contribution is -0.113. The van der Waals surface area contributed by atoms with Crippen molar-refractivity contribution in [1.29, 1.82) is 0 Å². The number of rotatable bonds is 4. The van der Waals surface area contributed by atoms with Gasteiger partial charge in [0.25, 0.3) is 5.91 Å². The Hall–Kier alpha value is -2.55. The summed E-state index contributed by atoms with van der Waals surface area (Å²) in [5, 5.41) is 3.03. The maximum absolute atomic E-state index is 12.8. The molecule has 0 spiro atoms. The molecule has 1 N–H and O–H groups in total. The first-order chi connectivity index (χ1) is 14.4. The smallest absolute Gasteiger partial charge is 0.255 e. The second-order valence-electron chi connectivity index (χ2n) is 9.82. The minimum Gasteiger partial charge on any atom is -0.488 e. The third-order valence-electron chi connectivity index (χ3n) is 6.34. The minimum absolute atomic E-state index is 0.0576. The first-order valence-corrected chi connectivity index (χ1v) is 11.3. The summed E-state index contributed by atoms with van der Waals surface area (Å²) in [6.45, 7) is 6.86. The second-order valence-corrected chi connectivity index (χ2v) is 9.82. The fourth-order valence-electron chi connectivity index (χ4n) is 4.44. The number of hydrogen-bond donors (Lipinski definition) is 1. The molecule has 2 aromatic carbocycles. The molecule has 0 bridgehead atoms. The highest BCUT2D eigenvalue weighted by atomic mass is 16.5. The number of amides is 1. The van der Waals surface area contributed by atoms with Gasteiger partial charge in [0.1, 0.15) is 12.4 Å². The summed E-state index contributed by atoms with van der Waals surface area (Å²) in [6.07, 6.45) is 9.95. The van der Waals surface area contributed by atoms with Crippen LogP contribution in [0.2, 0.25) is 0 Å². The van der Waals surface area contributed by atoms with Gasteiger partial charge in [0, 0.05) is 11.3 Å². The van der Waals surface area contributed by atoms with Gasteiger partial charge in [-0.05, 0) is 59.2 Å². The van der Waals surface area contributed by atoms with E-state index in [1.165, 1.54) is 43.2 Å². The largest absolute Gasteiger partial charge is 0.488 e. The highest BCUT2D eigenvalue weighted by Crippen LogP contribution is 2.32. The van der Waals surface area contributed by atoms with E-state index < -0.39 is 0 Å². The van der Waals surface area contributed by atoms with Crippen molar-refractivity contribution in [3.05, 3.63) is 64.7 Å². The lowest BCUT2D eigenvalue weighted by atomic mass is 9.85. The van der Waals surface area contributed by atoms with Gasteiger partial charge in [-0.25, -0.2) is 0 Å². The first kappa shape index (κ1) is 20.7. The van der Waals surface area contributed by atoms with E-state index >= 15 is 0 Å². The van der Waals surface area contributed by atoms with Crippen molar-refractivity contribution in [1.82, 2.24) is 0 Å². The van der Waals surface area contributed by atoms with Crippen molar-refractivity contribution in [2.45, 2.75) is 64.7 Å². The fraction of sp³-hybridized carbons (Fsp3) is 0.444. The Morgan fingerprint density at radius 3 is 2.47 bits per heavy atom. The molecule has 2 aromatic rings. The summed E-state index contributed by atoms with van der Waals surface area (Å²) < 4.78 is 5.84. The number of fused-ring (bicyclic) bond motifs is 1. The second kappa shape index (κ2) is 8.67. The molecular weight excluding hydrogens is 370 g/mol. The summed E-state index contributed by atoms with van der Waals surface area (Å²) in [6, 6.07) is 14.6. The molecule has 3 nitrogen and oxygen atoms in total. The van der Waals surface area contributed by atoms with E-state index in [1.807, 2.05) is 24.3 Å². The molecule has 0 unspecified atom stereocenters. The average Bonchev–Trinajstić information content (AvgIpc) is 2.74. The number of ether oxygens (including phenoxy) is 1. The number of carbonyl (C=O) groups excluding carboxylic acids is 1. The number of benzene rings is 2.